The van der Waals surface area contributed by atoms with Crippen molar-refractivity contribution in [3.8, 4) is 0 Å². The zero-order chi connectivity index (χ0) is 27.8. The molecule has 0 radical (unpaired) electrons. The number of aliphatic imine (C=N–C) groups is 2. The van der Waals surface area contributed by atoms with Gasteiger partial charge in [-0.1, -0.05) is 116 Å². The molecule has 4 aromatic carbocycles. The second kappa shape index (κ2) is 9.00. The van der Waals surface area contributed by atoms with Gasteiger partial charge >= 0.3 is 7.19 Å². The Balaban J connectivity index is 1.57. The second-order valence-corrected chi connectivity index (χ2v) is 11.0. The van der Waals surface area contributed by atoms with Crippen LogP contribution >= 0.6 is 0 Å². The molecule has 4 bridgehead atoms. The molecular weight excluding hydrogens is 517 g/mol. The average molecular weight is 543 g/mol. The lowest BCUT2D eigenvalue weighted by molar-refractivity contribution is 0.296. The minimum Gasteiger partial charge on any atom is -0.397 e. The number of aromatic nitrogens is 2. The van der Waals surface area contributed by atoms with E-state index >= 15 is 0 Å². The van der Waals surface area contributed by atoms with E-state index in [1.807, 2.05) is 0 Å². The van der Waals surface area contributed by atoms with E-state index < -0.39 is 7.19 Å². The Hall–Kier alpha value is -5.01. The van der Waals surface area contributed by atoms with Crippen LogP contribution in [0.3, 0.4) is 0 Å². The normalized spacial score (nSPS) is 14.6. The molecule has 0 spiro atoms. The van der Waals surface area contributed by atoms with Gasteiger partial charge in [0.2, 0.25) is 0 Å². The molecule has 0 N–H and O–H groups in total. The first-order valence-electron chi connectivity index (χ1n) is 14.6. The number of nitrogens with zero attached hydrogens (tertiary/aromatic N) is 5. The van der Waals surface area contributed by atoms with Crippen LogP contribution in [0.1, 0.15) is 36.5 Å². The summed E-state index contributed by atoms with van der Waals surface area (Å²) in [6, 6.07) is 36.0. The molecule has 0 unspecified atom stereocenters. The largest absolute Gasteiger partial charge is 0.561 e. The van der Waals surface area contributed by atoms with Crippen molar-refractivity contribution >= 4 is 57.5 Å². The zero-order valence-electron chi connectivity index (χ0n) is 23.2. The molecule has 3 aliphatic rings. The highest BCUT2D eigenvalue weighted by molar-refractivity contribution is 6.52. The molecule has 0 fully saturated rings. The van der Waals surface area contributed by atoms with Gasteiger partial charge in [0.1, 0.15) is 17.1 Å². The SMILES string of the molecule is CCCCOB1n2c3c4ccccc4c2N=c2c4ccccc4c(n21)=C(c1ccccc1)C1=NC(=N3)c2ccccc21. The van der Waals surface area contributed by atoms with Crippen LogP contribution in [0, 0.1) is 0 Å². The van der Waals surface area contributed by atoms with Crippen LogP contribution in [0.4, 0.5) is 11.6 Å². The molecule has 6 aromatic rings. The average Bonchev–Trinajstić information content (AvgIpc) is 3.67. The number of hydrogen-bond donors (Lipinski definition) is 0. The van der Waals surface area contributed by atoms with Gasteiger partial charge in [0.25, 0.3) is 0 Å². The Bertz CT molecular complexity index is 2280. The summed E-state index contributed by atoms with van der Waals surface area (Å²) in [4.78, 5) is 16.1. The van der Waals surface area contributed by atoms with E-state index in [1.165, 1.54) is 0 Å². The smallest absolute Gasteiger partial charge is 0.397 e. The maximum absolute atomic E-state index is 6.88. The lowest BCUT2D eigenvalue weighted by Crippen LogP contribution is -2.51. The van der Waals surface area contributed by atoms with Gasteiger partial charge in [-0.2, -0.15) is 0 Å². The van der Waals surface area contributed by atoms with E-state index in [9.17, 15) is 0 Å². The van der Waals surface area contributed by atoms with Crippen LogP contribution in [0.5, 0.6) is 0 Å². The predicted octanol–water partition coefficient (Wildman–Crippen LogP) is 6.15. The lowest BCUT2D eigenvalue weighted by Gasteiger charge is -2.24. The zero-order valence-corrected chi connectivity index (χ0v) is 23.2. The molecule has 42 heavy (non-hydrogen) atoms. The van der Waals surface area contributed by atoms with E-state index in [1.54, 1.807) is 0 Å². The van der Waals surface area contributed by atoms with Crippen LogP contribution in [0.15, 0.2) is 118 Å². The first kappa shape index (κ1) is 23.7. The van der Waals surface area contributed by atoms with Gasteiger partial charge in [0.15, 0.2) is 5.84 Å². The highest BCUT2D eigenvalue weighted by atomic mass is 16.5. The van der Waals surface area contributed by atoms with Crippen LogP contribution in [-0.4, -0.2) is 34.3 Å². The molecule has 5 heterocycles. The van der Waals surface area contributed by atoms with Gasteiger partial charge in [0, 0.05) is 44.9 Å². The summed E-state index contributed by atoms with van der Waals surface area (Å²) in [5.41, 5.74) is 6.08. The third-order valence-electron chi connectivity index (χ3n) is 8.56. The predicted molar refractivity (Wildman–Crippen MR) is 170 cm³/mol. The number of unbranched alkanes of at least 4 members (excludes halogenated alkanes) is 1. The van der Waals surface area contributed by atoms with Crippen molar-refractivity contribution in [1.29, 1.82) is 0 Å². The van der Waals surface area contributed by atoms with Gasteiger partial charge in [-0.15, -0.1) is 0 Å². The summed E-state index contributed by atoms with van der Waals surface area (Å²) >= 11 is 0. The number of fused-ring (bicyclic) bond motifs is 10. The quantitative estimate of drug-likeness (QED) is 0.190. The Kier molecular flexibility index (Phi) is 5.07. The first-order valence-corrected chi connectivity index (χ1v) is 14.6. The summed E-state index contributed by atoms with van der Waals surface area (Å²) in [7, 11) is -0.465. The molecule has 0 amide bonds. The topological polar surface area (TPSA) is 56.2 Å². The molecular formula is C35H26BN5O. The third-order valence-corrected chi connectivity index (χ3v) is 8.56. The van der Waals surface area contributed by atoms with Crippen molar-refractivity contribution in [3.63, 3.8) is 0 Å². The molecule has 200 valence electrons. The van der Waals surface area contributed by atoms with E-state index in [2.05, 4.69) is 119 Å². The lowest BCUT2D eigenvalue weighted by atomic mass is 9.92. The van der Waals surface area contributed by atoms with Crippen molar-refractivity contribution in [1.82, 2.24) is 8.96 Å². The van der Waals surface area contributed by atoms with Gasteiger partial charge in [-0.3, -0.25) is 0 Å². The van der Waals surface area contributed by atoms with Crippen LogP contribution in [0.2, 0.25) is 0 Å². The second-order valence-electron chi connectivity index (χ2n) is 11.0. The van der Waals surface area contributed by atoms with Crippen LogP contribution < -0.4 is 10.8 Å². The summed E-state index contributed by atoms with van der Waals surface area (Å²) in [5.74, 6) is 2.40. The Morgan fingerprint density at radius 3 is 2.05 bits per heavy atom. The molecule has 0 atom stereocenters. The molecule has 9 rings (SSSR count). The highest BCUT2D eigenvalue weighted by Crippen LogP contribution is 2.41. The summed E-state index contributed by atoms with van der Waals surface area (Å²) in [6.45, 7) is 2.82. The minimum absolute atomic E-state index is 0.465. The molecule has 0 aliphatic carbocycles. The number of benzene rings is 4. The van der Waals surface area contributed by atoms with Gasteiger partial charge in [0.05, 0.1) is 11.1 Å². The molecule has 7 heteroatoms. The van der Waals surface area contributed by atoms with E-state index in [4.69, 9.17) is 19.6 Å². The van der Waals surface area contributed by atoms with Crippen LogP contribution in [-0.2, 0) is 4.65 Å². The molecule has 3 aliphatic heterocycles. The minimum atomic E-state index is -0.465. The van der Waals surface area contributed by atoms with Gasteiger partial charge < -0.3 is 13.6 Å². The molecule has 0 saturated heterocycles. The summed E-state index contributed by atoms with van der Waals surface area (Å²) in [6.07, 6.45) is 2.01. The highest BCUT2D eigenvalue weighted by Gasteiger charge is 2.39. The van der Waals surface area contributed by atoms with Crippen molar-refractivity contribution in [2.75, 3.05) is 6.61 Å². The fourth-order valence-corrected chi connectivity index (χ4v) is 6.68. The Morgan fingerprint density at radius 1 is 0.643 bits per heavy atom. The van der Waals surface area contributed by atoms with Crippen molar-refractivity contribution < 1.29 is 4.65 Å². The van der Waals surface area contributed by atoms with Crippen LogP contribution in [0.25, 0.3) is 27.1 Å². The summed E-state index contributed by atoms with van der Waals surface area (Å²) < 4.78 is 11.4. The van der Waals surface area contributed by atoms with Crippen molar-refractivity contribution in [2.24, 2.45) is 15.0 Å². The van der Waals surface area contributed by atoms with Crippen molar-refractivity contribution in [2.45, 2.75) is 19.8 Å². The van der Waals surface area contributed by atoms with E-state index in [0.717, 1.165) is 84.8 Å². The molecule has 0 saturated carbocycles. The molecule has 6 nitrogen and oxygen atoms in total. The number of amidine groups is 1. The first-order chi connectivity index (χ1) is 20.8. The maximum Gasteiger partial charge on any atom is 0.561 e. The Morgan fingerprint density at radius 2 is 1.29 bits per heavy atom. The van der Waals surface area contributed by atoms with E-state index in [-0.39, 0.29) is 0 Å². The Labute approximate surface area is 242 Å². The molecule has 2 aromatic heterocycles. The third kappa shape index (κ3) is 3.17. The summed E-state index contributed by atoms with van der Waals surface area (Å²) in [5, 5.41) is 5.37. The fraction of sp³-hybridized carbons (Fsp3) is 0.114. The fourth-order valence-electron chi connectivity index (χ4n) is 6.68. The van der Waals surface area contributed by atoms with Gasteiger partial charge in [-0.05, 0) is 12.0 Å². The number of hydrogen-bond acceptors (Lipinski definition) is 4. The number of rotatable bonds is 5. The maximum atomic E-state index is 6.88. The monoisotopic (exact) mass is 543 g/mol. The van der Waals surface area contributed by atoms with Gasteiger partial charge in [-0.25, -0.2) is 15.0 Å². The van der Waals surface area contributed by atoms with Crippen molar-refractivity contribution in [3.05, 3.63) is 131 Å². The van der Waals surface area contributed by atoms with E-state index in [0.29, 0.717) is 12.4 Å². The standard InChI is InChI=1S/C35H26BN5O/c1-2-3-21-42-36-40-31-24-16-8-10-18-26(24)34(40)39-35-28-20-12-11-19-27(28)33(41(35)36)38-32-25-17-9-7-15-23(25)30(37-32)29(31)22-13-5-4-6-14-22/h4-20H,2-3,21H2,1H3.